The Morgan fingerprint density at radius 2 is 1.94 bits per heavy atom. The molecule has 0 saturated heterocycles. The summed E-state index contributed by atoms with van der Waals surface area (Å²) in [4.78, 5) is 1.37. The van der Waals surface area contributed by atoms with Crippen molar-refractivity contribution in [2.24, 2.45) is 5.41 Å². The highest BCUT2D eigenvalue weighted by atomic mass is 32.2. The van der Waals surface area contributed by atoms with Gasteiger partial charge in [0.2, 0.25) is 0 Å². The summed E-state index contributed by atoms with van der Waals surface area (Å²) in [6, 6.07) is 6.71. The first-order chi connectivity index (χ1) is 7.42. The second-order valence-electron chi connectivity index (χ2n) is 5.47. The van der Waals surface area contributed by atoms with Gasteiger partial charge in [0, 0.05) is 18.0 Å². The van der Waals surface area contributed by atoms with Crippen molar-refractivity contribution in [2.75, 3.05) is 12.8 Å². The number of hydrogen-bond donors (Lipinski definition) is 1. The van der Waals surface area contributed by atoms with Gasteiger partial charge in [-0.15, -0.1) is 11.8 Å². The molecule has 0 saturated carbocycles. The van der Waals surface area contributed by atoms with Crippen molar-refractivity contribution in [2.45, 2.75) is 39.1 Å². The molecular formula is C14H23NS. The number of benzene rings is 1. The van der Waals surface area contributed by atoms with E-state index in [0.29, 0.717) is 5.41 Å². The maximum absolute atomic E-state index is 3.50. The number of thioether (sulfide) groups is 1. The molecular weight excluding hydrogens is 214 g/mol. The molecule has 0 aromatic heterocycles. The standard InChI is InChI=1S/C14H23NS/c1-11-8-12(6-7-13(11)16-5)9-15-10-14(2,3)4/h6-8,15H,9-10H2,1-5H3. The maximum Gasteiger partial charge on any atom is 0.0205 e. The van der Waals surface area contributed by atoms with Gasteiger partial charge in [-0.1, -0.05) is 32.9 Å². The minimum Gasteiger partial charge on any atom is -0.312 e. The predicted octanol–water partition coefficient (Wildman–Crippen LogP) is 3.85. The Kier molecular flexibility index (Phi) is 4.88. The Morgan fingerprint density at radius 1 is 1.25 bits per heavy atom. The van der Waals surface area contributed by atoms with Gasteiger partial charge >= 0.3 is 0 Å². The normalized spacial score (nSPS) is 11.8. The third-order valence-corrected chi connectivity index (χ3v) is 3.34. The summed E-state index contributed by atoms with van der Waals surface area (Å²) < 4.78 is 0. The topological polar surface area (TPSA) is 12.0 Å². The van der Waals surface area contributed by atoms with E-state index in [4.69, 9.17) is 0 Å². The fraction of sp³-hybridized carbons (Fsp3) is 0.571. The quantitative estimate of drug-likeness (QED) is 0.798. The number of hydrogen-bond acceptors (Lipinski definition) is 2. The molecule has 2 heteroatoms. The average molecular weight is 237 g/mol. The van der Waals surface area contributed by atoms with Gasteiger partial charge in [0.15, 0.2) is 0 Å². The molecule has 0 radical (unpaired) electrons. The van der Waals surface area contributed by atoms with E-state index in [0.717, 1.165) is 13.1 Å². The van der Waals surface area contributed by atoms with Gasteiger partial charge in [-0.3, -0.25) is 0 Å². The summed E-state index contributed by atoms with van der Waals surface area (Å²) >= 11 is 1.81. The zero-order valence-corrected chi connectivity index (χ0v) is 11.9. The van der Waals surface area contributed by atoms with Crippen molar-refractivity contribution in [3.8, 4) is 0 Å². The third-order valence-electron chi connectivity index (χ3n) is 2.44. The minimum absolute atomic E-state index is 0.355. The largest absolute Gasteiger partial charge is 0.312 e. The molecule has 0 aliphatic heterocycles. The summed E-state index contributed by atoms with van der Waals surface area (Å²) in [5.41, 5.74) is 3.11. The Bertz CT molecular complexity index is 339. The molecule has 1 N–H and O–H groups in total. The molecule has 90 valence electrons. The highest BCUT2D eigenvalue weighted by Gasteiger charge is 2.08. The van der Waals surface area contributed by atoms with Gasteiger partial charge in [0.25, 0.3) is 0 Å². The Labute approximate surface area is 104 Å². The highest BCUT2D eigenvalue weighted by Crippen LogP contribution is 2.20. The average Bonchev–Trinajstić information content (AvgIpc) is 2.16. The molecule has 0 heterocycles. The van der Waals surface area contributed by atoms with E-state index in [-0.39, 0.29) is 0 Å². The van der Waals surface area contributed by atoms with Gasteiger partial charge in [-0.05, 0) is 35.8 Å². The summed E-state index contributed by atoms with van der Waals surface area (Å²) in [6.07, 6.45) is 2.12. The minimum atomic E-state index is 0.355. The lowest BCUT2D eigenvalue weighted by molar-refractivity contribution is 0.379. The molecule has 0 spiro atoms. The SMILES string of the molecule is CSc1ccc(CNCC(C)(C)C)cc1C. The molecule has 1 nitrogen and oxygen atoms in total. The zero-order chi connectivity index (χ0) is 12.2. The zero-order valence-electron chi connectivity index (χ0n) is 11.1. The van der Waals surface area contributed by atoms with Crippen LogP contribution in [-0.4, -0.2) is 12.8 Å². The van der Waals surface area contributed by atoms with E-state index in [1.807, 2.05) is 11.8 Å². The van der Waals surface area contributed by atoms with E-state index in [1.54, 1.807) is 0 Å². The predicted molar refractivity (Wildman–Crippen MR) is 74.1 cm³/mol. The first kappa shape index (κ1) is 13.6. The first-order valence-corrected chi connectivity index (χ1v) is 6.99. The van der Waals surface area contributed by atoms with Crippen LogP contribution in [0.1, 0.15) is 31.9 Å². The van der Waals surface area contributed by atoms with Crippen LogP contribution in [0.2, 0.25) is 0 Å². The van der Waals surface area contributed by atoms with Gasteiger partial charge in [-0.25, -0.2) is 0 Å². The molecule has 16 heavy (non-hydrogen) atoms. The van der Waals surface area contributed by atoms with Crippen LogP contribution in [0, 0.1) is 12.3 Å². The van der Waals surface area contributed by atoms with E-state index in [1.165, 1.54) is 16.0 Å². The molecule has 0 bridgehead atoms. The molecule has 0 aliphatic rings. The van der Waals surface area contributed by atoms with Crippen LogP contribution in [0.3, 0.4) is 0 Å². The van der Waals surface area contributed by atoms with Crippen LogP contribution >= 0.6 is 11.8 Å². The van der Waals surface area contributed by atoms with Crippen molar-refractivity contribution in [3.05, 3.63) is 29.3 Å². The second-order valence-corrected chi connectivity index (χ2v) is 6.32. The van der Waals surface area contributed by atoms with Crippen LogP contribution in [-0.2, 0) is 6.54 Å². The Morgan fingerprint density at radius 3 is 2.44 bits per heavy atom. The van der Waals surface area contributed by atoms with Gasteiger partial charge in [-0.2, -0.15) is 0 Å². The van der Waals surface area contributed by atoms with Crippen LogP contribution in [0.4, 0.5) is 0 Å². The lowest BCUT2D eigenvalue weighted by atomic mass is 9.97. The molecule has 0 fully saturated rings. The molecule has 1 aromatic carbocycles. The molecule has 1 aromatic rings. The van der Waals surface area contributed by atoms with Crippen molar-refractivity contribution in [1.29, 1.82) is 0 Å². The molecule has 1 rings (SSSR count). The third kappa shape index (κ3) is 4.58. The monoisotopic (exact) mass is 237 g/mol. The fourth-order valence-electron chi connectivity index (χ4n) is 1.63. The van der Waals surface area contributed by atoms with Gasteiger partial charge in [0.05, 0.1) is 0 Å². The van der Waals surface area contributed by atoms with E-state index < -0.39 is 0 Å². The maximum atomic E-state index is 3.50. The highest BCUT2D eigenvalue weighted by molar-refractivity contribution is 7.98. The first-order valence-electron chi connectivity index (χ1n) is 5.76. The van der Waals surface area contributed by atoms with Crippen molar-refractivity contribution >= 4 is 11.8 Å². The van der Waals surface area contributed by atoms with Crippen LogP contribution in [0.25, 0.3) is 0 Å². The van der Waals surface area contributed by atoms with Gasteiger partial charge < -0.3 is 5.32 Å². The van der Waals surface area contributed by atoms with E-state index in [9.17, 15) is 0 Å². The summed E-state index contributed by atoms with van der Waals surface area (Å²) in [6.45, 7) is 11.0. The van der Waals surface area contributed by atoms with Crippen molar-refractivity contribution < 1.29 is 0 Å². The van der Waals surface area contributed by atoms with Crippen molar-refractivity contribution in [1.82, 2.24) is 5.32 Å². The molecule has 0 aliphatic carbocycles. The van der Waals surface area contributed by atoms with Gasteiger partial charge in [0.1, 0.15) is 0 Å². The van der Waals surface area contributed by atoms with Crippen LogP contribution in [0.5, 0.6) is 0 Å². The smallest absolute Gasteiger partial charge is 0.0205 e. The summed E-state index contributed by atoms with van der Waals surface area (Å²) in [7, 11) is 0. The van der Waals surface area contributed by atoms with Crippen molar-refractivity contribution in [3.63, 3.8) is 0 Å². The summed E-state index contributed by atoms with van der Waals surface area (Å²) in [5.74, 6) is 0. The number of rotatable bonds is 4. The molecule has 0 amide bonds. The van der Waals surface area contributed by atoms with Crippen LogP contribution in [0.15, 0.2) is 23.1 Å². The fourth-order valence-corrected chi connectivity index (χ4v) is 2.22. The van der Waals surface area contributed by atoms with E-state index in [2.05, 4.69) is 57.5 Å². The molecule has 0 unspecified atom stereocenters. The van der Waals surface area contributed by atoms with Crippen LogP contribution < -0.4 is 5.32 Å². The number of nitrogens with one attached hydrogen (secondary N) is 1. The number of aryl methyl sites for hydroxylation is 1. The lowest BCUT2D eigenvalue weighted by Crippen LogP contribution is -2.26. The lowest BCUT2D eigenvalue weighted by Gasteiger charge is -2.19. The molecule has 0 atom stereocenters. The summed E-state index contributed by atoms with van der Waals surface area (Å²) in [5, 5.41) is 3.50. The Balaban J connectivity index is 2.52. The Hall–Kier alpha value is -0.470. The second kappa shape index (κ2) is 5.74. The van der Waals surface area contributed by atoms with E-state index >= 15 is 0 Å².